The first-order valence-electron chi connectivity index (χ1n) is 6.54. The second-order valence-corrected chi connectivity index (χ2v) is 4.96. The Bertz CT molecular complexity index is 455. The number of rotatable bonds is 5. The van der Waals surface area contributed by atoms with Gasteiger partial charge in [0.15, 0.2) is 0 Å². The second-order valence-electron chi connectivity index (χ2n) is 4.96. The van der Waals surface area contributed by atoms with E-state index < -0.39 is 0 Å². The van der Waals surface area contributed by atoms with Crippen LogP contribution in [-0.2, 0) is 9.59 Å². The molecule has 1 aromatic rings. The molecule has 0 aliphatic heterocycles. The van der Waals surface area contributed by atoms with Gasteiger partial charge in [0, 0.05) is 31.6 Å². The maximum absolute atomic E-state index is 11.7. The minimum Gasteiger partial charge on any atom is -0.354 e. The number of hydrogen-bond donors (Lipinski definition) is 1. The van der Waals surface area contributed by atoms with Crippen molar-refractivity contribution in [2.75, 3.05) is 18.0 Å². The van der Waals surface area contributed by atoms with Gasteiger partial charge >= 0.3 is 0 Å². The third-order valence-corrected chi connectivity index (χ3v) is 2.85. The summed E-state index contributed by atoms with van der Waals surface area (Å²) in [6.45, 7) is 8.16. The van der Waals surface area contributed by atoms with Gasteiger partial charge in [-0.1, -0.05) is 26.0 Å². The fourth-order valence-electron chi connectivity index (χ4n) is 1.76. The Hall–Kier alpha value is -1.84. The summed E-state index contributed by atoms with van der Waals surface area (Å²) in [5.74, 6) is -0.0538. The Morgan fingerprint density at radius 3 is 2.53 bits per heavy atom. The van der Waals surface area contributed by atoms with E-state index in [2.05, 4.69) is 5.32 Å². The van der Waals surface area contributed by atoms with E-state index in [-0.39, 0.29) is 17.7 Å². The maximum atomic E-state index is 11.7. The lowest BCUT2D eigenvalue weighted by Crippen LogP contribution is -2.38. The number of carbonyl (C=O) groups is 2. The minimum absolute atomic E-state index is 0.00717. The highest BCUT2D eigenvalue weighted by Crippen LogP contribution is 2.15. The molecule has 0 fully saturated rings. The molecule has 19 heavy (non-hydrogen) atoms. The van der Waals surface area contributed by atoms with Gasteiger partial charge in [0.2, 0.25) is 11.8 Å². The first-order valence-corrected chi connectivity index (χ1v) is 6.54. The lowest BCUT2D eigenvalue weighted by atomic mass is 10.2. The van der Waals surface area contributed by atoms with E-state index >= 15 is 0 Å². The molecule has 4 nitrogen and oxygen atoms in total. The molecule has 2 amide bonds. The molecule has 0 aromatic heterocycles. The zero-order chi connectivity index (χ0) is 14.4. The van der Waals surface area contributed by atoms with Crippen LogP contribution in [0.4, 0.5) is 5.69 Å². The van der Waals surface area contributed by atoms with Crippen molar-refractivity contribution in [3.8, 4) is 0 Å². The SMILES string of the molecule is CC(=O)N(CCNC(=O)C(C)C)c1cccc(C)c1. The molecule has 0 saturated carbocycles. The second kappa shape index (κ2) is 6.92. The summed E-state index contributed by atoms with van der Waals surface area (Å²) < 4.78 is 0. The van der Waals surface area contributed by atoms with Crippen LogP contribution in [0.25, 0.3) is 0 Å². The quantitative estimate of drug-likeness (QED) is 0.883. The summed E-state index contributed by atoms with van der Waals surface area (Å²) in [6, 6.07) is 7.78. The van der Waals surface area contributed by atoms with Crippen LogP contribution in [0.15, 0.2) is 24.3 Å². The average Bonchev–Trinajstić information content (AvgIpc) is 2.33. The van der Waals surface area contributed by atoms with Gasteiger partial charge in [-0.3, -0.25) is 9.59 Å². The van der Waals surface area contributed by atoms with Crippen molar-refractivity contribution in [2.45, 2.75) is 27.7 Å². The van der Waals surface area contributed by atoms with Gasteiger partial charge < -0.3 is 10.2 Å². The number of hydrogen-bond acceptors (Lipinski definition) is 2. The van der Waals surface area contributed by atoms with Gasteiger partial charge in [-0.2, -0.15) is 0 Å². The fraction of sp³-hybridized carbons (Fsp3) is 0.467. The lowest BCUT2D eigenvalue weighted by molar-refractivity contribution is -0.124. The van der Waals surface area contributed by atoms with Crippen molar-refractivity contribution in [1.82, 2.24) is 5.32 Å². The van der Waals surface area contributed by atoms with E-state index in [4.69, 9.17) is 0 Å². The number of amides is 2. The van der Waals surface area contributed by atoms with E-state index in [1.54, 1.807) is 4.90 Å². The molecule has 1 aromatic carbocycles. The van der Waals surface area contributed by atoms with Crippen LogP contribution >= 0.6 is 0 Å². The van der Waals surface area contributed by atoms with Crippen LogP contribution in [-0.4, -0.2) is 24.9 Å². The molecule has 0 saturated heterocycles. The molecule has 0 atom stereocenters. The van der Waals surface area contributed by atoms with Gasteiger partial charge in [-0.05, 0) is 24.6 Å². The predicted molar refractivity (Wildman–Crippen MR) is 77.1 cm³/mol. The standard InChI is InChI=1S/C15H22N2O2/c1-11(2)15(19)16-8-9-17(13(4)18)14-7-5-6-12(3)10-14/h5-7,10-11H,8-9H2,1-4H3,(H,16,19). The molecule has 0 aliphatic carbocycles. The molecule has 104 valence electrons. The molecular weight excluding hydrogens is 240 g/mol. The van der Waals surface area contributed by atoms with Crippen molar-refractivity contribution < 1.29 is 9.59 Å². The highest BCUT2D eigenvalue weighted by atomic mass is 16.2. The van der Waals surface area contributed by atoms with Gasteiger partial charge in [0.1, 0.15) is 0 Å². The van der Waals surface area contributed by atoms with E-state index in [1.165, 1.54) is 6.92 Å². The Labute approximate surface area is 114 Å². The zero-order valence-electron chi connectivity index (χ0n) is 12.1. The van der Waals surface area contributed by atoms with Crippen LogP contribution in [0, 0.1) is 12.8 Å². The molecule has 0 radical (unpaired) electrons. The smallest absolute Gasteiger partial charge is 0.223 e. The molecule has 0 aliphatic rings. The number of carbonyl (C=O) groups excluding carboxylic acids is 2. The first kappa shape index (κ1) is 15.2. The van der Waals surface area contributed by atoms with Crippen LogP contribution in [0.3, 0.4) is 0 Å². The summed E-state index contributed by atoms with van der Waals surface area (Å²) in [5.41, 5.74) is 1.97. The highest BCUT2D eigenvalue weighted by molar-refractivity contribution is 5.91. The summed E-state index contributed by atoms with van der Waals surface area (Å²) in [7, 11) is 0. The number of nitrogens with zero attached hydrogens (tertiary/aromatic N) is 1. The molecule has 4 heteroatoms. The third-order valence-electron chi connectivity index (χ3n) is 2.85. The maximum Gasteiger partial charge on any atom is 0.223 e. The van der Waals surface area contributed by atoms with Gasteiger partial charge in [-0.15, -0.1) is 0 Å². The van der Waals surface area contributed by atoms with E-state index in [1.807, 2.05) is 45.0 Å². The number of benzene rings is 1. The fourth-order valence-corrected chi connectivity index (χ4v) is 1.76. The summed E-state index contributed by atoms with van der Waals surface area (Å²) in [4.78, 5) is 24.8. The van der Waals surface area contributed by atoms with Crippen LogP contribution in [0.2, 0.25) is 0 Å². The van der Waals surface area contributed by atoms with Crippen LogP contribution in [0.1, 0.15) is 26.3 Å². The van der Waals surface area contributed by atoms with Gasteiger partial charge in [-0.25, -0.2) is 0 Å². The highest BCUT2D eigenvalue weighted by Gasteiger charge is 2.12. The molecule has 0 heterocycles. The topological polar surface area (TPSA) is 49.4 Å². The molecule has 0 unspecified atom stereocenters. The van der Waals surface area contributed by atoms with Crippen LogP contribution in [0.5, 0.6) is 0 Å². The molecule has 0 bridgehead atoms. The summed E-state index contributed by atoms with van der Waals surface area (Å²) in [5, 5.41) is 2.82. The molecular formula is C15H22N2O2. The van der Waals surface area contributed by atoms with E-state index in [9.17, 15) is 9.59 Å². The largest absolute Gasteiger partial charge is 0.354 e. The summed E-state index contributed by atoms with van der Waals surface area (Å²) >= 11 is 0. The van der Waals surface area contributed by atoms with Crippen LogP contribution < -0.4 is 10.2 Å². The van der Waals surface area contributed by atoms with Crippen molar-refractivity contribution in [3.63, 3.8) is 0 Å². The molecule has 1 N–H and O–H groups in total. The van der Waals surface area contributed by atoms with Gasteiger partial charge in [0.25, 0.3) is 0 Å². The van der Waals surface area contributed by atoms with E-state index in [0.717, 1.165) is 11.3 Å². The van der Waals surface area contributed by atoms with Crippen molar-refractivity contribution in [3.05, 3.63) is 29.8 Å². The predicted octanol–water partition coefficient (Wildman–Crippen LogP) is 2.12. The molecule has 1 rings (SSSR count). The summed E-state index contributed by atoms with van der Waals surface area (Å²) in [6.07, 6.45) is 0. The van der Waals surface area contributed by atoms with Crippen molar-refractivity contribution >= 4 is 17.5 Å². The normalized spacial score (nSPS) is 10.4. The monoisotopic (exact) mass is 262 g/mol. The number of nitrogens with one attached hydrogen (secondary N) is 1. The third kappa shape index (κ3) is 4.73. The lowest BCUT2D eigenvalue weighted by Gasteiger charge is -2.22. The number of aryl methyl sites for hydroxylation is 1. The van der Waals surface area contributed by atoms with Crippen molar-refractivity contribution in [1.29, 1.82) is 0 Å². The Kier molecular flexibility index (Phi) is 5.55. The Morgan fingerprint density at radius 2 is 2.00 bits per heavy atom. The Morgan fingerprint density at radius 1 is 1.32 bits per heavy atom. The van der Waals surface area contributed by atoms with Crippen molar-refractivity contribution in [2.24, 2.45) is 5.92 Å². The zero-order valence-corrected chi connectivity index (χ0v) is 12.1. The Balaban J connectivity index is 2.65. The van der Waals surface area contributed by atoms with Gasteiger partial charge in [0.05, 0.1) is 0 Å². The number of anilines is 1. The average molecular weight is 262 g/mol. The minimum atomic E-state index is -0.0373. The van der Waals surface area contributed by atoms with E-state index in [0.29, 0.717) is 13.1 Å². The first-order chi connectivity index (χ1) is 8.91. The molecule has 0 spiro atoms.